The molecule has 4 rings (SSSR count). The smallest absolute Gasteiger partial charge is 0.267 e. The standard InChI is InChI=1S/C22H25N9O/c1-14(2)30-13-25-27-21(30)16-7-6-8-20(26-16)31-12-24-17-10-18(28(3)4)19(29(5)11-23)9-15(17)22(31)32/h6-14,23H,1-5H3. The zero-order valence-electron chi connectivity index (χ0n) is 18.7. The van der Waals surface area contributed by atoms with Gasteiger partial charge in [0, 0.05) is 27.2 Å². The van der Waals surface area contributed by atoms with Crippen molar-refractivity contribution in [3.05, 3.63) is 53.3 Å². The van der Waals surface area contributed by atoms with Gasteiger partial charge in [-0.15, -0.1) is 10.2 Å². The maximum atomic E-state index is 13.4. The third-order valence-electron chi connectivity index (χ3n) is 5.25. The van der Waals surface area contributed by atoms with E-state index >= 15 is 0 Å². The highest BCUT2D eigenvalue weighted by molar-refractivity contribution is 5.94. The summed E-state index contributed by atoms with van der Waals surface area (Å²) in [5.74, 6) is 1.08. The zero-order chi connectivity index (χ0) is 23.0. The third kappa shape index (κ3) is 3.59. The van der Waals surface area contributed by atoms with Crippen LogP contribution in [-0.2, 0) is 0 Å². The number of nitrogens with one attached hydrogen (secondary N) is 1. The molecule has 0 saturated carbocycles. The van der Waals surface area contributed by atoms with E-state index in [0.717, 1.165) is 11.4 Å². The first kappa shape index (κ1) is 21.2. The molecule has 0 bridgehead atoms. The molecule has 3 aromatic heterocycles. The van der Waals surface area contributed by atoms with Gasteiger partial charge in [0.2, 0.25) is 0 Å². The first-order valence-electron chi connectivity index (χ1n) is 10.1. The van der Waals surface area contributed by atoms with Crippen LogP contribution in [0, 0.1) is 5.41 Å². The Kier molecular flexibility index (Phi) is 5.43. The van der Waals surface area contributed by atoms with Crippen molar-refractivity contribution in [2.45, 2.75) is 19.9 Å². The van der Waals surface area contributed by atoms with E-state index in [1.165, 1.54) is 17.2 Å². The molecule has 0 unspecified atom stereocenters. The van der Waals surface area contributed by atoms with Crippen molar-refractivity contribution in [2.24, 2.45) is 0 Å². The predicted octanol–water partition coefficient (Wildman–Crippen LogP) is 2.73. The molecule has 1 aromatic carbocycles. The second-order valence-corrected chi connectivity index (χ2v) is 7.95. The number of fused-ring (bicyclic) bond motifs is 1. The summed E-state index contributed by atoms with van der Waals surface area (Å²) >= 11 is 0. The maximum absolute atomic E-state index is 13.4. The fraction of sp³-hybridized carbons (Fsp3) is 0.273. The predicted molar refractivity (Wildman–Crippen MR) is 126 cm³/mol. The van der Waals surface area contributed by atoms with E-state index in [2.05, 4.69) is 20.2 Å². The first-order chi connectivity index (χ1) is 15.3. The summed E-state index contributed by atoms with van der Waals surface area (Å²) in [6.07, 6.45) is 4.37. The molecular formula is C22H25N9O. The largest absolute Gasteiger partial charge is 0.376 e. The van der Waals surface area contributed by atoms with E-state index < -0.39 is 0 Å². The topological polar surface area (TPSA) is 109 Å². The highest BCUT2D eigenvalue weighted by Gasteiger charge is 2.16. The van der Waals surface area contributed by atoms with E-state index in [1.54, 1.807) is 30.4 Å². The number of benzene rings is 1. The molecule has 0 aliphatic carbocycles. The van der Waals surface area contributed by atoms with Crippen LogP contribution in [0.4, 0.5) is 11.4 Å². The van der Waals surface area contributed by atoms with Crippen molar-refractivity contribution >= 4 is 28.6 Å². The number of anilines is 2. The lowest BCUT2D eigenvalue weighted by atomic mass is 10.1. The Morgan fingerprint density at radius 1 is 1.09 bits per heavy atom. The number of hydrogen-bond acceptors (Lipinski definition) is 7. The van der Waals surface area contributed by atoms with E-state index in [9.17, 15) is 4.79 Å². The lowest BCUT2D eigenvalue weighted by molar-refractivity contribution is 0.603. The van der Waals surface area contributed by atoms with Gasteiger partial charge in [0.1, 0.15) is 24.2 Å². The van der Waals surface area contributed by atoms with Crippen LogP contribution < -0.4 is 15.4 Å². The molecule has 3 heterocycles. The van der Waals surface area contributed by atoms with Crippen molar-refractivity contribution < 1.29 is 0 Å². The van der Waals surface area contributed by atoms with Gasteiger partial charge >= 0.3 is 0 Å². The van der Waals surface area contributed by atoms with Crippen LogP contribution >= 0.6 is 0 Å². The molecule has 0 saturated heterocycles. The number of pyridine rings is 1. The lowest BCUT2D eigenvalue weighted by Crippen LogP contribution is -2.23. The van der Waals surface area contributed by atoms with Gasteiger partial charge < -0.3 is 14.4 Å². The van der Waals surface area contributed by atoms with Crippen LogP contribution in [0.1, 0.15) is 19.9 Å². The Hall–Kier alpha value is -4.08. The van der Waals surface area contributed by atoms with Crippen molar-refractivity contribution in [1.29, 1.82) is 5.41 Å². The first-order valence-corrected chi connectivity index (χ1v) is 10.1. The maximum Gasteiger partial charge on any atom is 0.267 e. The number of hydrogen-bond donors (Lipinski definition) is 1. The summed E-state index contributed by atoms with van der Waals surface area (Å²) in [4.78, 5) is 26.2. The molecule has 0 amide bonds. The molecule has 0 aliphatic rings. The van der Waals surface area contributed by atoms with Gasteiger partial charge in [-0.2, -0.15) is 0 Å². The minimum absolute atomic E-state index is 0.172. The molecule has 10 heteroatoms. The van der Waals surface area contributed by atoms with Crippen LogP contribution in [0.2, 0.25) is 0 Å². The number of rotatable bonds is 6. The average molecular weight is 432 g/mol. The van der Waals surface area contributed by atoms with E-state index in [0.29, 0.717) is 28.2 Å². The fourth-order valence-electron chi connectivity index (χ4n) is 3.51. The Bertz CT molecular complexity index is 1350. The quantitative estimate of drug-likeness (QED) is 0.369. The van der Waals surface area contributed by atoms with Crippen molar-refractivity contribution in [1.82, 2.24) is 29.3 Å². The molecule has 32 heavy (non-hydrogen) atoms. The van der Waals surface area contributed by atoms with Crippen LogP contribution in [0.15, 0.2) is 47.8 Å². The Balaban J connectivity index is 1.88. The van der Waals surface area contributed by atoms with Gasteiger partial charge in [-0.3, -0.25) is 14.8 Å². The molecule has 0 aliphatic heterocycles. The summed E-state index contributed by atoms with van der Waals surface area (Å²) in [7, 11) is 5.59. The molecular weight excluding hydrogens is 406 g/mol. The van der Waals surface area contributed by atoms with Crippen LogP contribution in [0.5, 0.6) is 0 Å². The lowest BCUT2D eigenvalue weighted by Gasteiger charge is -2.23. The zero-order valence-corrected chi connectivity index (χ0v) is 18.7. The monoisotopic (exact) mass is 431 g/mol. The fourth-order valence-corrected chi connectivity index (χ4v) is 3.51. The number of aromatic nitrogens is 6. The second kappa shape index (κ2) is 8.22. The van der Waals surface area contributed by atoms with Gasteiger partial charge in [-0.25, -0.2) is 9.97 Å². The summed E-state index contributed by atoms with van der Waals surface area (Å²) in [5, 5.41) is 16.3. The second-order valence-electron chi connectivity index (χ2n) is 7.95. The van der Waals surface area contributed by atoms with Crippen LogP contribution in [0.25, 0.3) is 28.2 Å². The summed E-state index contributed by atoms with van der Waals surface area (Å²) in [6.45, 7) is 4.08. The van der Waals surface area contributed by atoms with Gasteiger partial charge in [0.15, 0.2) is 5.82 Å². The molecule has 4 aromatic rings. The molecule has 0 radical (unpaired) electrons. The molecule has 10 nitrogen and oxygen atoms in total. The van der Waals surface area contributed by atoms with Crippen LogP contribution in [-0.4, -0.2) is 56.8 Å². The Morgan fingerprint density at radius 3 is 2.56 bits per heavy atom. The summed E-state index contributed by atoms with van der Waals surface area (Å²) < 4.78 is 3.35. The van der Waals surface area contributed by atoms with E-state index in [4.69, 9.17) is 5.41 Å². The summed E-state index contributed by atoms with van der Waals surface area (Å²) in [5.41, 5.74) is 2.55. The molecule has 0 atom stereocenters. The Labute approximate surface area is 185 Å². The SMILES string of the molecule is CC(C)n1cnnc1-c1cccc(-n2cnc3cc(N(C)C)c(N(C)C=N)cc3c2=O)n1. The van der Waals surface area contributed by atoms with E-state index in [-0.39, 0.29) is 11.6 Å². The molecule has 0 spiro atoms. The minimum Gasteiger partial charge on any atom is -0.376 e. The highest BCUT2D eigenvalue weighted by Crippen LogP contribution is 2.30. The molecule has 164 valence electrons. The van der Waals surface area contributed by atoms with Crippen molar-refractivity contribution in [3.63, 3.8) is 0 Å². The molecule has 1 N–H and O–H groups in total. The Morgan fingerprint density at radius 2 is 1.88 bits per heavy atom. The van der Waals surface area contributed by atoms with E-state index in [1.807, 2.05) is 55.6 Å². The average Bonchev–Trinajstić information content (AvgIpc) is 3.28. The minimum atomic E-state index is -0.241. The van der Waals surface area contributed by atoms with Crippen molar-refractivity contribution in [2.75, 3.05) is 30.9 Å². The normalized spacial score (nSPS) is 11.2. The van der Waals surface area contributed by atoms with Gasteiger partial charge in [-0.05, 0) is 38.1 Å². The highest BCUT2D eigenvalue weighted by atomic mass is 16.1. The molecule has 0 fully saturated rings. The van der Waals surface area contributed by atoms with Crippen molar-refractivity contribution in [3.8, 4) is 17.3 Å². The number of nitrogens with zero attached hydrogens (tertiary/aromatic N) is 8. The third-order valence-corrected chi connectivity index (χ3v) is 5.25. The van der Waals surface area contributed by atoms with Gasteiger partial charge in [-0.1, -0.05) is 6.07 Å². The summed E-state index contributed by atoms with van der Waals surface area (Å²) in [6, 6.07) is 9.22. The van der Waals surface area contributed by atoms with Crippen LogP contribution in [0.3, 0.4) is 0 Å². The van der Waals surface area contributed by atoms with Gasteiger partial charge in [0.05, 0.1) is 28.6 Å². The van der Waals surface area contributed by atoms with Gasteiger partial charge in [0.25, 0.3) is 5.56 Å².